The molecule has 5 unspecified atom stereocenters. The first-order chi connectivity index (χ1) is 33.7. The molecule has 71 heavy (non-hydrogen) atoms. The molecular formula is C58H55N2O10P. The van der Waals surface area contributed by atoms with E-state index in [1.54, 1.807) is 125 Å². The number of ether oxygens (including phenoxy) is 3. The molecule has 1 saturated heterocycles. The van der Waals surface area contributed by atoms with Crippen LogP contribution in [0.1, 0.15) is 98.8 Å². The summed E-state index contributed by atoms with van der Waals surface area (Å²) in [5.74, 6) is 0.117. The van der Waals surface area contributed by atoms with Gasteiger partial charge in [-0.3, -0.25) is 33.4 Å². The van der Waals surface area contributed by atoms with Gasteiger partial charge in [0.25, 0.3) is 5.91 Å². The van der Waals surface area contributed by atoms with Gasteiger partial charge in [-0.2, -0.15) is 0 Å². The third-order valence-electron chi connectivity index (χ3n) is 13.9. The zero-order valence-electron chi connectivity index (χ0n) is 40.7. The van der Waals surface area contributed by atoms with Gasteiger partial charge in [0.05, 0.1) is 28.1 Å². The highest BCUT2D eigenvalue weighted by atomic mass is 31.2. The van der Waals surface area contributed by atoms with E-state index in [9.17, 15) is 24.0 Å². The molecule has 2 heterocycles. The lowest BCUT2D eigenvalue weighted by atomic mass is 9.81. The average Bonchev–Trinajstić information content (AvgIpc) is 4.04. The van der Waals surface area contributed by atoms with E-state index in [1.165, 1.54) is 11.0 Å². The predicted molar refractivity (Wildman–Crippen MR) is 272 cm³/mol. The first-order valence-electron chi connectivity index (χ1n) is 24.0. The van der Waals surface area contributed by atoms with E-state index in [0.29, 0.717) is 39.5 Å². The molecule has 12 nitrogen and oxygen atoms in total. The number of ketones is 2. The number of hydrogen-bond donors (Lipinski definition) is 1. The van der Waals surface area contributed by atoms with E-state index in [2.05, 4.69) is 5.32 Å². The van der Waals surface area contributed by atoms with Crippen LogP contribution in [0.2, 0.25) is 0 Å². The van der Waals surface area contributed by atoms with Crippen molar-refractivity contribution in [1.29, 1.82) is 0 Å². The second-order valence-corrected chi connectivity index (χ2v) is 23.1. The number of nitrogens with zero attached hydrogens (tertiary/aromatic N) is 1. The molecule has 0 spiro atoms. The van der Waals surface area contributed by atoms with Crippen LogP contribution >= 0.6 is 7.37 Å². The van der Waals surface area contributed by atoms with E-state index >= 15 is 4.57 Å². The van der Waals surface area contributed by atoms with Crippen LogP contribution in [-0.2, 0) is 14.2 Å². The highest BCUT2D eigenvalue weighted by Crippen LogP contribution is 2.57. The molecule has 2 bridgehead atoms. The summed E-state index contributed by atoms with van der Waals surface area (Å²) >= 11 is 0. The molecule has 1 N–H and O–H groups in total. The van der Waals surface area contributed by atoms with Crippen LogP contribution in [0.4, 0.5) is 11.4 Å². The summed E-state index contributed by atoms with van der Waals surface area (Å²) in [7, 11) is -3.92. The predicted octanol–water partition coefficient (Wildman–Crippen LogP) is 11.0. The Morgan fingerprint density at radius 2 is 1.17 bits per heavy atom. The van der Waals surface area contributed by atoms with Crippen molar-refractivity contribution in [2.75, 3.05) is 10.2 Å². The molecule has 0 radical (unpaired) electrons. The Morgan fingerprint density at radius 3 is 1.80 bits per heavy atom. The molecule has 0 aromatic heterocycles. The lowest BCUT2D eigenvalue weighted by molar-refractivity contribution is -0.123. The normalized spacial score (nSPS) is 21.1. The average molecular weight is 971 g/mol. The van der Waals surface area contributed by atoms with Crippen LogP contribution in [0.3, 0.4) is 0 Å². The number of Topliss-reactive ketones (excluding diaryl/α,β-unsaturated/α-hetero) is 2. The summed E-state index contributed by atoms with van der Waals surface area (Å²) in [5, 5.41) is 3.58. The number of carbonyl (C=O) groups is 5. The second kappa shape index (κ2) is 17.5. The first kappa shape index (κ1) is 47.4. The zero-order chi connectivity index (χ0) is 50.2. The van der Waals surface area contributed by atoms with E-state index in [4.69, 9.17) is 18.7 Å². The molecule has 3 amide bonds. The van der Waals surface area contributed by atoms with E-state index < -0.39 is 30.0 Å². The molecule has 2 saturated carbocycles. The van der Waals surface area contributed by atoms with Gasteiger partial charge < -0.3 is 24.1 Å². The number of hydrogen-bond acceptors (Lipinski definition) is 10. The van der Waals surface area contributed by atoms with Crippen LogP contribution in [0.5, 0.6) is 23.0 Å². The summed E-state index contributed by atoms with van der Waals surface area (Å²) in [6.45, 7) is 12.3. The largest absolute Gasteiger partial charge is 0.488 e. The maximum atomic E-state index is 15.5. The SMILES string of the molecule is CC(C)(C)Oc1ccc(OC(C)(C)C(=O)c2cccc(C(=O)C(C)(C)Oc3ccc(NC(=O)c4ccc(N5C(=O)C6C7CCC(C7)C6C5=O)cc4)cc3)c2)c(P2(=O)Oc3ccccc3-c3ccccc32)c1. The van der Waals surface area contributed by atoms with Crippen LogP contribution in [0.15, 0.2) is 140 Å². The van der Waals surface area contributed by atoms with Gasteiger partial charge in [0.15, 0.2) is 11.2 Å². The van der Waals surface area contributed by atoms with Crippen molar-refractivity contribution in [1.82, 2.24) is 0 Å². The molecule has 5 atom stereocenters. The van der Waals surface area contributed by atoms with E-state index in [1.807, 2.05) is 57.2 Å². The molecule has 2 aliphatic heterocycles. The molecule has 2 aliphatic carbocycles. The van der Waals surface area contributed by atoms with Crippen molar-refractivity contribution < 1.29 is 47.3 Å². The molecule has 3 fully saturated rings. The van der Waals surface area contributed by atoms with Crippen molar-refractivity contribution in [2.24, 2.45) is 23.7 Å². The van der Waals surface area contributed by atoms with Gasteiger partial charge in [-0.05, 0) is 170 Å². The number of anilines is 2. The summed E-state index contributed by atoms with van der Waals surface area (Å²) in [6, 6.07) is 39.3. The Kier molecular flexibility index (Phi) is 11.7. The number of amides is 3. The number of nitrogens with one attached hydrogen (secondary N) is 1. The Morgan fingerprint density at radius 1 is 0.592 bits per heavy atom. The highest BCUT2D eigenvalue weighted by molar-refractivity contribution is 7.75. The van der Waals surface area contributed by atoms with Crippen molar-refractivity contribution in [2.45, 2.75) is 84.5 Å². The fourth-order valence-electron chi connectivity index (χ4n) is 10.7. The fourth-order valence-corrected chi connectivity index (χ4v) is 13.1. The molecule has 13 heteroatoms. The van der Waals surface area contributed by atoms with Gasteiger partial charge >= 0.3 is 7.37 Å². The summed E-state index contributed by atoms with van der Waals surface area (Å²) < 4.78 is 41.0. The molecule has 362 valence electrons. The number of fused-ring (bicyclic) bond motifs is 8. The molecular weight excluding hydrogens is 916 g/mol. The lowest BCUT2D eigenvalue weighted by Gasteiger charge is -2.32. The van der Waals surface area contributed by atoms with Crippen LogP contribution < -0.4 is 39.6 Å². The number of benzene rings is 6. The number of carbonyl (C=O) groups excluding carboxylic acids is 5. The molecule has 4 aliphatic rings. The van der Waals surface area contributed by atoms with Crippen LogP contribution in [0, 0.1) is 23.7 Å². The van der Waals surface area contributed by atoms with Crippen molar-refractivity contribution in [3.8, 4) is 34.1 Å². The first-order valence-corrected chi connectivity index (χ1v) is 25.6. The van der Waals surface area contributed by atoms with Crippen LogP contribution in [-0.4, -0.2) is 46.1 Å². The lowest BCUT2D eigenvalue weighted by Crippen LogP contribution is -2.40. The van der Waals surface area contributed by atoms with Crippen molar-refractivity contribution >= 4 is 58.6 Å². The third-order valence-corrected chi connectivity index (χ3v) is 16.4. The number of rotatable bonds is 13. The molecule has 10 rings (SSSR count). The van der Waals surface area contributed by atoms with Crippen molar-refractivity contribution in [3.63, 3.8) is 0 Å². The highest BCUT2D eigenvalue weighted by Gasteiger charge is 2.61. The minimum absolute atomic E-state index is 0.128. The van der Waals surface area contributed by atoms with Gasteiger partial charge in [0.1, 0.15) is 28.6 Å². The van der Waals surface area contributed by atoms with Gasteiger partial charge in [-0.15, -0.1) is 0 Å². The third kappa shape index (κ3) is 8.73. The summed E-state index contributed by atoms with van der Waals surface area (Å²) in [6.07, 6.45) is 2.96. The van der Waals surface area contributed by atoms with E-state index in [0.717, 1.165) is 30.4 Å². The molecule has 6 aromatic rings. The van der Waals surface area contributed by atoms with Gasteiger partial charge in [-0.25, -0.2) is 0 Å². The Balaban J connectivity index is 0.817. The minimum Gasteiger partial charge on any atom is -0.488 e. The Labute approximate surface area is 413 Å². The Bertz CT molecular complexity index is 3180. The van der Waals surface area contributed by atoms with Gasteiger partial charge in [-0.1, -0.05) is 54.6 Å². The zero-order valence-corrected chi connectivity index (χ0v) is 41.6. The maximum absolute atomic E-state index is 15.5. The monoisotopic (exact) mass is 970 g/mol. The van der Waals surface area contributed by atoms with Crippen molar-refractivity contribution in [3.05, 3.63) is 156 Å². The number of para-hydroxylation sites is 1. The Hall–Kier alpha value is -7.30. The van der Waals surface area contributed by atoms with Gasteiger partial charge in [0.2, 0.25) is 23.4 Å². The number of imide groups is 1. The maximum Gasteiger partial charge on any atom is 0.311 e. The topological polar surface area (TPSA) is 155 Å². The minimum atomic E-state index is -3.92. The fraction of sp³-hybridized carbons (Fsp3) is 0.293. The quantitative estimate of drug-likeness (QED) is 0.0672. The van der Waals surface area contributed by atoms with Gasteiger partial charge in [0, 0.05) is 27.9 Å². The summed E-state index contributed by atoms with van der Waals surface area (Å²) in [5.41, 5.74) is -0.163. The summed E-state index contributed by atoms with van der Waals surface area (Å²) in [4.78, 5) is 69.8. The standard InChI is InChI=1S/C58H55N2O10P/c1-56(2,3)67-42-29-30-46(48(33-42)71(66)47-18-11-9-16-44(47)43-15-8-10-17-45(43)70-71)69-58(6,7)52(62)38-14-12-13-37(32-38)51(61)57(4,5)68-41-27-23-39(24-28-41)59-53(63)34-21-25-40(26-22-34)60-54(64)49-35-19-20-36(31-35)50(49)55(60)65/h8-18,21-30,32-33,35-36,49-50H,19-20,31H2,1-7H3,(H,59,63). The molecule has 6 aromatic carbocycles. The second-order valence-electron chi connectivity index (χ2n) is 20.9. The van der Waals surface area contributed by atoms with Crippen LogP contribution in [0.25, 0.3) is 11.1 Å². The van der Waals surface area contributed by atoms with E-state index in [-0.39, 0.29) is 69.4 Å². The smallest absolute Gasteiger partial charge is 0.311 e.